The van der Waals surface area contributed by atoms with Gasteiger partial charge in [-0.3, -0.25) is 9.59 Å². The molecule has 0 saturated carbocycles. The summed E-state index contributed by atoms with van der Waals surface area (Å²) in [5, 5.41) is 23.7. The second kappa shape index (κ2) is 43.0. The molecular weight excluding hydrogens is 683 g/mol. The normalized spacial score (nSPS) is 13.8. The molecule has 1 amide bonds. The van der Waals surface area contributed by atoms with Crippen LogP contribution in [0.5, 0.6) is 0 Å². The molecular formula is C49H89NO5. The molecule has 55 heavy (non-hydrogen) atoms. The number of aliphatic hydroxyl groups excluding tert-OH is 2. The van der Waals surface area contributed by atoms with Crippen LogP contribution in [-0.4, -0.2) is 46.9 Å². The average molecular weight is 772 g/mol. The van der Waals surface area contributed by atoms with Gasteiger partial charge in [0.2, 0.25) is 5.91 Å². The number of carbonyl (C=O) groups excluding carboxylic acids is 2. The van der Waals surface area contributed by atoms with E-state index in [-0.39, 0.29) is 24.9 Å². The van der Waals surface area contributed by atoms with Crippen molar-refractivity contribution >= 4 is 11.9 Å². The van der Waals surface area contributed by atoms with Crippen LogP contribution in [-0.2, 0) is 14.3 Å². The molecule has 0 aliphatic rings. The molecule has 3 atom stereocenters. The van der Waals surface area contributed by atoms with Crippen LogP contribution >= 0.6 is 0 Å². The van der Waals surface area contributed by atoms with Crippen molar-refractivity contribution in [3.05, 3.63) is 48.6 Å². The SMILES string of the molecule is CC/C=C/C=C/C=C/C=C\CCCCCC(CC(=O)NC(CO)C(O)CCCCCCCCCCCCCCC)OC(=O)CCCCCCCCCCCC. The van der Waals surface area contributed by atoms with Crippen molar-refractivity contribution in [2.45, 2.75) is 244 Å². The first kappa shape index (κ1) is 52.8. The highest BCUT2D eigenvalue weighted by Crippen LogP contribution is 2.17. The number of nitrogens with one attached hydrogen (secondary N) is 1. The van der Waals surface area contributed by atoms with Crippen molar-refractivity contribution in [1.29, 1.82) is 0 Å². The van der Waals surface area contributed by atoms with Gasteiger partial charge in [0.1, 0.15) is 6.10 Å². The first-order valence-corrected chi connectivity index (χ1v) is 23.4. The Labute approximate surface area is 340 Å². The highest BCUT2D eigenvalue weighted by atomic mass is 16.5. The predicted molar refractivity (Wildman–Crippen MR) is 236 cm³/mol. The number of ether oxygens (including phenoxy) is 1. The van der Waals surface area contributed by atoms with Gasteiger partial charge < -0.3 is 20.3 Å². The Balaban J connectivity index is 4.63. The molecule has 0 aliphatic heterocycles. The first-order valence-electron chi connectivity index (χ1n) is 23.4. The summed E-state index contributed by atoms with van der Waals surface area (Å²) in [5.41, 5.74) is 0. The molecule has 320 valence electrons. The van der Waals surface area contributed by atoms with Crippen LogP contribution in [0.1, 0.15) is 226 Å². The van der Waals surface area contributed by atoms with E-state index in [2.05, 4.69) is 50.4 Å². The van der Waals surface area contributed by atoms with Gasteiger partial charge in [0.05, 0.1) is 25.2 Å². The fourth-order valence-corrected chi connectivity index (χ4v) is 6.97. The summed E-state index contributed by atoms with van der Waals surface area (Å²) in [6.07, 6.45) is 50.2. The number of esters is 1. The van der Waals surface area contributed by atoms with Gasteiger partial charge in [-0.15, -0.1) is 0 Å². The maximum absolute atomic E-state index is 13.1. The van der Waals surface area contributed by atoms with Crippen LogP contribution < -0.4 is 5.32 Å². The van der Waals surface area contributed by atoms with Crippen LogP contribution in [0, 0.1) is 0 Å². The first-order chi connectivity index (χ1) is 27.0. The monoisotopic (exact) mass is 772 g/mol. The molecule has 0 radical (unpaired) electrons. The van der Waals surface area contributed by atoms with E-state index in [0.29, 0.717) is 19.3 Å². The van der Waals surface area contributed by atoms with Crippen molar-refractivity contribution < 1.29 is 24.5 Å². The van der Waals surface area contributed by atoms with Gasteiger partial charge in [0, 0.05) is 6.42 Å². The average Bonchev–Trinajstić information content (AvgIpc) is 3.18. The van der Waals surface area contributed by atoms with Crippen LogP contribution in [0.25, 0.3) is 0 Å². The van der Waals surface area contributed by atoms with Crippen LogP contribution in [0.4, 0.5) is 0 Å². The van der Waals surface area contributed by atoms with Gasteiger partial charge >= 0.3 is 5.97 Å². The van der Waals surface area contributed by atoms with E-state index in [4.69, 9.17) is 4.74 Å². The Morgan fingerprint density at radius 3 is 1.49 bits per heavy atom. The number of hydrogen-bond acceptors (Lipinski definition) is 5. The van der Waals surface area contributed by atoms with Gasteiger partial charge in [0.15, 0.2) is 0 Å². The molecule has 3 N–H and O–H groups in total. The summed E-state index contributed by atoms with van der Waals surface area (Å²) in [5.74, 6) is -0.512. The van der Waals surface area contributed by atoms with Gasteiger partial charge in [-0.25, -0.2) is 0 Å². The standard InChI is InChI=1S/C49H89NO5/c1-4-7-10-13-16-19-22-24-26-28-31-34-37-40-45(55-49(54)42-39-36-33-30-21-18-15-12-9-6-3)43-48(53)50-46(44-51)47(52)41-38-35-32-29-27-25-23-20-17-14-11-8-5-2/h7,10,13,16,19,22,24,26,45-47,51-52H,4-6,8-9,11-12,14-15,17-18,20-21,23,25,27-44H2,1-3H3,(H,50,53)/b10-7+,16-13+,22-19+,26-24-. The summed E-state index contributed by atoms with van der Waals surface area (Å²) in [7, 11) is 0. The minimum absolute atomic E-state index is 0.0530. The smallest absolute Gasteiger partial charge is 0.306 e. The lowest BCUT2D eigenvalue weighted by atomic mass is 10.0. The lowest BCUT2D eigenvalue weighted by Gasteiger charge is -2.24. The van der Waals surface area contributed by atoms with Crippen molar-refractivity contribution in [1.82, 2.24) is 5.32 Å². The summed E-state index contributed by atoms with van der Waals surface area (Å²) < 4.78 is 5.88. The van der Waals surface area contributed by atoms with Crippen molar-refractivity contribution in [3.63, 3.8) is 0 Å². The minimum Gasteiger partial charge on any atom is -0.462 e. The summed E-state index contributed by atoms with van der Waals surface area (Å²) in [4.78, 5) is 26.0. The Hall–Kier alpha value is -2.18. The van der Waals surface area contributed by atoms with Crippen LogP contribution in [0.15, 0.2) is 48.6 Å². The lowest BCUT2D eigenvalue weighted by molar-refractivity contribution is -0.151. The number of unbranched alkanes of at least 4 members (excludes halogenated alkanes) is 24. The summed E-state index contributed by atoms with van der Waals surface area (Å²) in [6.45, 7) is 6.31. The van der Waals surface area contributed by atoms with Crippen LogP contribution in [0.3, 0.4) is 0 Å². The Morgan fingerprint density at radius 1 is 0.545 bits per heavy atom. The molecule has 0 aliphatic carbocycles. The molecule has 6 heteroatoms. The van der Waals surface area contributed by atoms with E-state index >= 15 is 0 Å². The van der Waals surface area contributed by atoms with Crippen LogP contribution in [0.2, 0.25) is 0 Å². The predicted octanol–water partition coefficient (Wildman–Crippen LogP) is 13.5. The molecule has 6 nitrogen and oxygen atoms in total. The second-order valence-electron chi connectivity index (χ2n) is 15.9. The molecule has 0 bridgehead atoms. The van der Waals surface area contributed by atoms with E-state index < -0.39 is 18.2 Å². The molecule has 0 fully saturated rings. The topological polar surface area (TPSA) is 95.9 Å². The molecule has 0 spiro atoms. The van der Waals surface area contributed by atoms with E-state index in [1.165, 1.54) is 109 Å². The van der Waals surface area contributed by atoms with E-state index in [9.17, 15) is 19.8 Å². The fourth-order valence-electron chi connectivity index (χ4n) is 6.97. The summed E-state index contributed by atoms with van der Waals surface area (Å²) in [6, 6.07) is -0.711. The van der Waals surface area contributed by atoms with Gasteiger partial charge in [0.25, 0.3) is 0 Å². The van der Waals surface area contributed by atoms with Crippen molar-refractivity contribution in [2.75, 3.05) is 6.61 Å². The Bertz CT molecular complexity index is 957. The number of allylic oxidation sites excluding steroid dienone is 8. The van der Waals surface area contributed by atoms with E-state index in [1.807, 2.05) is 24.3 Å². The Kier molecular flexibility index (Phi) is 41.2. The highest BCUT2D eigenvalue weighted by Gasteiger charge is 2.24. The third-order valence-corrected chi connectivity index (χ3v) is 10.5. The minimum atomic E-state index is -0.796. The molecule has 0 aromatic carbocycles. The number of hydrogen-bond donors (Lipinski definition) is 3. The summed E-state index contributed by atoms with van der Waals surface area (Å²) >= 11 is 0. The van der Waals surface area contributed by atoms with E-state index in [0.717, 1.165) is 70.6 Å². The fraction of sp³-hybridized carbons (Fsp3) is 0.796. The van der Waals surface area contributed by atoms with Crippen molar-refractivity contribution in [3.8, 4) is 0 Å². The quantitative estimate of drug-likeness (QED) is 0.0327. The highest BCUT2D eigenvalue weighted by molar-refractivity contribution is 5.77. The Morgan fingerprint density at radius 2 is 0.982 bits per heavy atom. The molecule has 0 rings (SSSR count). The van der Waals surface area contributed by atoms with E-state index in [1.54, 1.807) is 0 Å². The van der Waals surface area contributed by atoms with Gasteiger partial charge in [-0.2, -0.15) is 0 Å². The van der Waals surface area contributed by atoms with Gasteiger partial charge in [-0.1, -0.05) is 217 Å². The zero-order chi connectivity index (χ0) is 40.3. The number of carbonyl (C=O) groups is 2. The maximum atomic E-state index is 13.1. The number of amides is 1. The zero-order valence-corrected chi connectivity index (χ0v) is 36.3. The molecule has 0 aromatic rings. The maximum Gasteiger partial charge on any atom is 0.306 e. The van der Waals surface area contributed by atoms with Crippen molar-refractivity contribution in [2.24, 2.45) is 0 Å². The number of rotatable bonds is 41. The largest absolute Gasteiger partial charge is 0.462 e. The van der Waals surface area contributed by atoms with Gasteiger partial charge in [-0.05, 0) is 44.9 Å². The molecule has 0 heterocycles. The number of aliphatic hydroxyl groups is 2. The third kappa shape index (κ3) is 38.5. The molecule has 3 unspecified atom stereocenters. The molecule has 0 aromatic heterocycles. The molecule has 0 saturated heterocycles. The lowest BCUT2D eigenvalue weighted by Crippen LogP contribution is -2.46. The zero-order valence-electron chi connectivity index (χ0n) is 36.3. The third-order valence-electron chi connectivity index (χ3n) is 10.5. The second-order valence-corrected chi connectivity index (χ2v) is 15.9.